The van der Waals surface area contributed by atoms with E-state index in [1.165, 1.54) is 18.7 Å². The van der Waals surface area contributed by atoms with Crippen molar-refractivity contribution in [1.82, 2.24) is 5.32 Å². The standard InChI is InChI=1S/C20H22N2O4/c1-25-14-9-10-16(20(21)24)18(11-14)26-12-19(23)22-17-8-4-6-13-5-2-3-7-15(13)17/h2-3,5,7,9-11,17H,4,6,8,12H2,1H3,(H2,21,24)(H,22,23). The van der Waals surface area contributed by atoms with Crippen molar-refractivity contribution in [3.05, 3.63) is 59.2 Å². The van der Waals surface area contributed by atoms with Crippen molar-refractivity contribution in [3.63, 3.8) is 0 Å². The van der Waals surface area contributed by atoms with Gasteiger partial charge in [-0.15, -0.1) is 0 Å². The molecule has 0 spiro atoms. The molecule has 26 heavy (non-hydrogen) atoms. The summed E-state index contributed by atoms with van der Waals surface area (Å²) in [4.78, 5) is 23.9. The van der Waals surface area contributed by atoms with Gasteiger partial charge in [0, 0.05) is 6.07 Å². The Kier molecular flexibility index (Phi) is 5.41. The molecule has 0 aromatic heterocycles. The third-order valence-corrected chi connectivity index (χ3v) is 4.52. The van der Waals surface area contributed by atoms with E-state index in [2.05, 4.69) is 11.4 Å². The lowest BCUT2D eigenvalue weighted by Crippen LogP contribution is -2.34. The number of fused-ring (bicyclic) bond motifs is 1. The van der Waals surface area contributed by atoms with E-state index < -0.39 is 5.91 Å². The Morgan fingerprint density at radius 3 is 2.81 bits per heavy atom. The largest absolute Gasteiger partial charge is 0.497 e. The summed E-state index contributed by atoms with van der Waals surface area (Å²) >= 11 is 0. The first-order valence-electron chi connectivity index (χ1n) is 8.56. The first kappa shape index (κ1) is 17.8. The fourth-order valence-corrected chi connectivity index (χ4v) is 3.24. The number of ether oxygens (including phenoxy) is 2. The van der Waals surface area contributed by atoms with Gasteiger partial charge in [0.25, 0.3) is 11.8 Å². The number of aryl methyl sites for hydroxylation is 1. The number of hydrogen-bond donors (Lipinski definition) is 2. The Morgan fingerprint density at radius 1 is 1.23 bits per heavy atom. The highest BCUT2D eigenvalue weighted by molar-refractivity contribution is 5.96. The summed E-state index contributed by atoms with van der Waals surface area (Å²) in [6, 6.07) is 12.8. The van der Waals surface area contributed by atoms with E-state index in [-0.39, 0.29) is 29.9 Å². The number of hydrogen-bond acceptors (Lipinski definition) is 4. The zero-order valence-corrected chi connectivity index (χ0v) is 14.7. The maximum Gasteiger partial charge on any atom is 0.258 e. The quantitative estimate of drug-likeness (QED) is 0.833. The van der Waals surface area contributed by atoms with Crippen molar-refractivity contribution in [3.8, 4) is 11.5 Å². The molecule has 1 aliphatic rings. The Labute approximate surface area is 152 Å². The molecule has 0 radical (unpaired) electrons. The molecule has 0 aliphatic heterocycles. The SMILES string of the molecule is COc1ccc(C(N)=O)c(OCC(=O)NC2CCCc3ccccc32)c1. The molecule has 0 bridgehead atoms. The van der Waals surface area contributed by atoms with Crippen LogP contribution in [0.5, 0.6) is 11.5 Å². The van der Waals surface area contributed by atoms with Gasteiger partial charge in [0.05, 0.1) is 18.7 Å². The summed E-state index contributed by atoms with van der Waals surface area (Å²) in [7, 11) is 1.51. The Morgan fingerprint density at radius 2 is 2.04 bits per heavy atom. The fraction of sp³-hybridized carbons (Fsp3) is 0.300. The van der Waals surface area contributed by atoms with Crippen molar-refractivity contribution in [2.24, 2.45) is 5.73 Å². The molecule has 3 rings (SSSR count). The van der Waals surface area contributed by atoms with Crippen LogP contribution in [0.15, 0.2) is 42.5 Å². The van der Waals surface area contributed by atoms with Crippen LogP contribution in [0.1, 0.15) is 40.4 Å². The van der Waals surface area contributed by atoms with Crippen LogP contribution in [-0.2, 0) is 11.2 Å². The smallest absolute Gasteiger partial charge is 0.258 e. The molecule has 1 atom stereocenters. The Balaban J connectivity index is 1.66. The Hall–Kier alpha value is -3.02. The number of methoxy groups -OCH3 is 1. The molecular weight excluding hydrogens is 332 g/mol. The van der Waals surface area contributed by atoms with Gasteiger partial charge in [-0.25, -0.2) is 0 Å². The number of benzene rings is 2. The number of nitrogens with two attached hydrogens (primary N) is 1. The van der Waals surface area contributed by atoms with Crippen LogP contribution in [0.25, 0.3) is 0 Å². The molecule has 0 fully saturated rings. The highest BCUT2D eigenvalue weighted by atomic mass is 16.5. The van der Waals surface area contributed by atoms with E-state index in [1.807, 2.05) is 18.2 Å². The molecule has 1 unspecified atom stereocenters. The summed E-state index contributed by atoms with van der Waals surface area (Å²) in [6.45, 7) is -0.202. The van der Waals surface area contributed by atoms with Gasteiger partial charge in [-0.05, 0) is 42.5 Å². The molecule has 2 aromatic carbocycles. The van der Waals surface area contributed by atoms with Gasteiger partial charge in [0.1, 0.15) is 11.5 Å². The fourth-order valence-electron chi connectivity index (χ4n) is 3.24. The predicted octanol–water partition coefficient (Wildman–Crippen LogP) is 2.37. The second-order valence-electron chi connectivity index (χ2n) is 6.23. The van der Waals surface area contributed by atoms with E-state index in [4.69, 9.17) is 15.2 Å². The number of carbonyl (C=O) groups excluding carboxylic acids is 2. The normalized spacial score (nSPS) is 15.7. The van der Waals surface area contributed by atoms with Crippen LogP contribution in [0.4, 0.5) is 0 Å². The lowest BCUT2D eigenvalue weighted by atomic mass is 9.88. The zero-order valence-electron chi connectivity index (χ0n) is 14.7. The van der Waals surface area contributed by atoms with E-state index in [1.54, 1.807) is 12.1 Å². The van der Waals surface area contributed by atoms with Gasteiger partial charge >= 0.3 is 0 Å². The minimum Gasteiger partial charge on any atom is -0.497 e. The molecule has 2 aromatic rings. The first-order valence-corrected chi connectivity index (χ1v) is 8.56. The van der Waals surface area contributed by atoms with Crippen LogP contribution < -0.4 is 20.5 Å². The van der Waals surface area contributed by atoms with Crippen LogP contribution in [-0.4, -0.2) is 25.5 Å². The summed E-state index contributed by atoms with van der Waals surface area (Å²) in [5, 5.41) is 3.01. The number of nitrogens with one attached hydrogen (secondary N) is 1. The van der Waals surface area contributed by atoms with Crippen LogP contribution in [0, 0.1) is 0 Å². The first-order chi connectivity index (χ1) is 12.6. The van der Waals surface area contributed by atoms with E-state index in [0.29, 0.717) is 5.75 Å². The summed E-state index contributed by atoms with van der Waals surface area (Å²) < 4.78 is 10.7. The molecule has 136 valence electrons. The lowest BCUT2D eigenvalue weighted by molar-refractivity contribution is -0.124. The number of carbonyl (C=O) groups is 2. The summed E-state index contributed by atoms with van der Waals surface area (Å²) in [5.41, 5.74) is 8.00. The maximum atomic E-state index is 12.3. The van der Waals surface area contributed by atoms with Crippen molar-refractivity contribution < 1.29 is 19.1 Å². The average molecular weight is 354 g/mol. The highest BCUT2D eigenvalue weighted by Gasteiger charge is 2.21. The van der Waals surface area contributed by atoms with E-state index in [9.17, 15) is 9.59 Å². The van der Waals surface area contributed by atoms with Crippen molar-refractivity contribution in [1.29, 1.82) is 0 Å². The van der Waals surface area contributed by atoms with E-state index in [0.717, 1.165) is 24.8 Å². The Bertz CT molecular complexity index is 819. The van der Waals surface area contributed by atoms with Gasteiger partial charge in [0.15, 0.2) is 6.61 Å². The topological polar surface area (TPSA) is 90.7 Å². The second kappa shape index (κ2) is 7.91. The third-order valence-electron chi connectivity index (χ3n) is 4.52. The van der Waals surface area contributed by atoms with Gasteiger partial charge in [-0.1, -0.05) is 24.3 Å². The van der Waals surface area contributed by atoms with Crippen molar-refractivity contribution in [2.45, 2.75) is 25.3 Å². The van der Waals surface area contributed by atoms with E-state index >= 15 is 0 Å². The molecule has 0 saturated heterocycles. The third kappa shape index (κ3) is 3.96. The molecule has 0 heterocycles. The van der Waals surface area contributed by atoms with Crippen LogP contribution >= 0.6 is 0 Å². The molecular formula is C20H22N2O4. The monoisotopic (exact) mass is 354 g/mol. The zero-order chi connectivity index (χ0) is 18.5. The summed E-state index contributed by atoms with van der Waals surface area (Å²) in [6.07, 6.45) is 2.96. The number of amides is 2. The molecule has 2 amide bonds. The average Bonchev–Trinajstić information content (AvgIpc) is 2.66. The number of primary amides is 1. The predicted molar refractivity (Wildman–Crippen MR) is 97.3 cm³/mol. The van der Waals surface area contributed by atoms with Gasteiger partial charge in [-0.3, -0.25) is 9.59 Å². The summed E-state index contributed by atoms with van der Waals surface area (Å²) in [5.74, 6) is -0.114. The van der Waals surface area contributed by atoms with Gasteiger partial charge in [-0.2, -0.15) is 0 Å². The highest BCUT2D eigenvalue weighted by Crippen LogP contribution is 2.29. The molecule has 6 heteroatoms. The molecule has 6 nitrogen and oxygen atoms in total. The van der Waals surface area contributed by atoms with Gasteiger partial charge < -0.3 is 20.5 Å². The minimum atomic E-state index is -0.621. The minimum absolute atomic E-state index is 0.0167. The lowest BCUT2D eigenvalue weighted by Gasteiger charge is -2.26. The molecule has 3 N–H and O–H groups in total. The number of rotatable bonds is 6. The van der Waals surface area contributed by atoms with Gasteiger partial charge in [0.2, 0.25) is 0 Å². The van der Waals surface area contributed by atoms with Crippen molar-refractivity contribution in [2.75, 3.05) is 13.7 Å². The molecule has 1 aliphatic carbocycles. The van der Waals surface area contributed by atoms with Crippen molar-refractivity contribution >= 4 is 11.8 Å². The second-order valence-corrected chi connectivity index (χ2v) is 6.23. The maximum absolute atomic E-state index is 12.3. The van der Waals surface area contributed by atoms with Crippen LogP contribution in [0.3, 0.4) is 0 Å². The van der Waals surface area contributed by atoms with Crippen LogP contribution in [0.2, 0.25) is 0 Å². The molecule has 0 saturated carbocycles.